The Balaban J connectivity index is 2.15. The monoisotopic (exact) mass is 336 g/mol. The van der Waals surface area contributed by atoms with Gasteiger partial charge in [-0.3, -0.25) is 9.78 Å². The number of hydrogen-bond acceptors (Lipinski definition) is 3. The van der Waals surface area contributed by atoms with Crippen LogP contribution in [0.1, 0.15) is 20.8 Å². The van der Waals surface area contributed by atoms with Gasteiger partial charge in [-0.15, -0.1) is 0 Å². The molecule has 0 bridgehead atoms. The van der Waals surface area contributed by atoms with Gasteiger partial charge in [0.2, 0.25) is 5.91 Å². The molecule has 1 N–H and O–H groups in total. The summed E-state index contributed by atoms with van der Waals surface area (Å²) in [6.07, 6.45) is 1.71. The van der Waals surface area contributed by atoms with E-state index in [4.69, 9.17) is 4.74 Å². The SMILES string of the molecule is CC(C)(C)OCC(=O)Nc1cccc2cc(Br)cnc12. The quantitative estimate of drug-likeness (QED) is 0.928. The molecule has 1 aromatic heterocycles. The number of ether oxygens (including phenoxy) is 1. The van der Waals surface area contributed by atoms with E-state index >= 15 is 0 Å². The van der Waals surface area contributed by atoms with Crippen LogP contribution >= 0.6 is 15.9 Å². The second-order valence-corrected chi connectivity index (χ2v) is 6.40. The van der Waals surface area contributed by atoms with Crippen LogP contribution in [0.15, 0.2) is 34.9 Å². The third-order valence-electron chi connectivity index (χ3n) is 2.59. The number of carbonyl (C=O) groups is 1. The number of fused-ring (bicyclic) bond motifs is 1. The Kier molecular flexibility index (Phi) is 4.40. The van der Waals surface area contributed by atoms with Crippen molar-refractivity contribution in [2.24, 2.45) is 0 Å². The normalized spacial score (nSPS) is 11.6. The predicted octanol–water partition coefficient (Wildman–Crippen LogP) is 3.75. The maximum absolute atomic E-state index is 11.9. The maximum Gasteiger partial charge on any atom is 0.250 e. The van der Waals surface area contributed by atoms with E-state index in [2.05, 4.69) is 26.2 Å². The zero-order valence-corrected chi connectivity index (χ0v) is 13.3. The van der Waals surface area contributed by atoms with Crippen molar-refractivity contribution in [2.45, 2.75) is 26.4 Å². The van der Waals surface area contributed by atoms with E-state index in [0.717, 1.165) is 15.4 Å². The van der Waals surface area contributed by atoms with Crippen molar-refractivity contribution in [3.05, 3.63) is 34.9 Å². The third-order valence-corrected chi connectivity index (χ3v) is 3.02. The molecule has 2 rings (SSSR count). The zero-order chi connectivity index (χ0) is 14.8. The summed E-state index contributed by atoms with van der Waals surface area (Å²) >= 11 is 3.38. The van der Waals surface area contributed by atoms with Gasteiger partial charge in [0, 0.05) is 16.1 Å². The lowest BCUT2D eigenvalue weighted by atomic mass is 10.2. The molecule has 1 heterocycles. The van der Waals surface area contributed by atoms with Crippen molar-refractivity contribution >= 4 is 38.4 Å². The van der Waals surface area contributed by atoms with Crippen molar-refractivity contribution in [1.29, 1.82) is 0 Å². The molecule has 0 aliphatic heterocycles. The molecule has 2 aromatic rings. The number of para-hydroxylation sites is 1. The van der Waals surface area contributed by atoms with Gasteiger partial charge in [0.25, 0.3) is 0 Å². The smallest absolute Gasteiger partial charge is 0.250 e. The van der Waals surface area contributed by atoms with Gasteiger partial charge >= 0.3 is 0 Å². The van der Waals surface area contributed by atoms with Crippen LogP contribution in [0, 0.1) is 0 Å². The first kappa shape index (κ1) is 14.9. The Morgan fingerprint density at radius 2 is 2.15 bits per heavy atom. The van der Waals surface area contributed by atoms with Crippen LogP contribution < -0.4 is 5.32 Å². The fourth-order valence-corrected chi connectivity index (χ4v) is 2.05. The summed E-state index contributed by atoms with van der Waals surface area (Å²) in [5, 5.41) is 3.80. The molecule has 0 saturated carbocycles. The fourth-order valence-electron chi connectivity index (χ4n) is 1.70. The van der Waals surface area contributed by atoms with Gasteiger partial charge < -0.3 is 10.1 Å². The van der Waals surface area contributed by atoms with Crippen LogP contribution in [0.3, 0.4) is 0 Å². The van der Waals surface area contributed by atoms with Crippen molar-refractivity contribution in [3.63, 3.8) is 0 Å². The van der Waals surface area contributed by atoms with Gasteiger partial charge in [0.1, 0.15) is 6.61 Å². The molecule has 0 saturated heterocycles. The van der Waals surface area contributed by atoms with E-state index in [1.54, 1.807) is 6.20 Å². The van der Waals surface area contributed by atoms with Crippen LogP contribution in [0.5, 0.6) is 0 Å². The van der Waals surface area contributed by atoms with Crippen LogP contribution in [-0.4, -0.2) is 23.1 Å². The summed E-state index contributed by atoms with van der Waals surface area (Å²) in [6, 6.07) is 7.63. The molecule has 5 heteroatoms. The van der Waals surface area contributed by atoms with E-state index in [-0.39, 0.29) is 18.1 Å². The molecule has 106 valence electrons. The standard InChI is InChI=1S/C15H17BrN2O2/c1-15(2,3)20-9-13(19)18-12-6-4-5-10-7-11(16)8-17-14(10)12/h4-8H,9H2,1-3H3,(H,18,19). The van der Waals surface area contributed by atoms with Gasteiger partial charge in [0.15, 0.2) is 0 Å². The molecule has 0 aliphatic carbocycles. The number of amides is 1. The van der Waals surface area contributed by atoms with E-state index in [1.807, 2.05) is 45.0 Å². The number of hydrogen-bond donors (Lipinski definition) is 1. The Morgan fingerprint density at radius 3 is 2.85 bits per heavy atom. The number of nitrogens with zero attached hydrogens (tertiary/aromatic N) is 1. The highest BCUT2D eigenvalue weighted by Gasteiger charge is 2.13. The van der Waals surface area contributed by atoms with Crippen molar-refractivity contribution in [1.82, 2.24) is 4.98 Å². The van der Waals surface area contributed by atoms with Crippen molar-refractivity contribution in [3.8, 4) is 0 Å². The lowest BCUT2D eigenvalue weighted by Crippen LogP contribution is -2.27. The lowest BCUT2D eigenvalue weighted by molar-refractivity contribution is -0.125. The van der Waals surface area contributed by atoms with Crippen molar-refractivity contribution < 1.29 is 9.53 Å². The molecular formula is C15H17BrN2O2. The zero-order valence-electron chi connectivity index (χ0n) is 11.7. The first-order valence-corrected chi connectivity index (χ1v) is 7.12. The average molecular weight is 337 g/mol. The molecule has 0 aliphatic rings. The first-order valence-electron chi connectivity index (χ1n) is 6.33. The van der Waals surface area contributed by atoms with Crippen LogP contribution in [0.4, 0.5) is 5.69 Å². The summed E-state index contributed by atoms with van der Waals surface area (Å²) in [5.41, 5.74) is 1.12. The lowest BCUT2D eigenvalue weighted by Gasteiger charge is -2.19. The van der Waals surface area contributed by atoms with E-state index in [1.165, 1.54) is 0 Å². The molecule has 0 unspecified atom stereocenters. The number of carbonyl (C=O) groups excluding carboxylic acids is 1. The number of halogens is 1. The van der Waals surface area contributed by atoms with Gasteiger partial charge in [-0.1, -0.05) is 12.1 Å². The van der Waals surface area contributed by atoms with E-state index < -0.39 is 0 Å². The fraction of sp³-hybridized carbons (Fsp3) is 0.333. The topological polar surface area (TPSA) is 51.2 Å². The number of pyridine rings is 1. The maximum atomic E-state index is 11.9. The molecular weight excluding hydrogens is 320 g/mol. The average Bonchev–Trinajstić information content (AvgIpc) is 2.35. The van der Waals surface area contributed by atoms with Crippen LogP contribution in [0.2, 0.25) is 0 Å². The predicted molar refractivity (Wildman–Crippen MR) is 83.8 cm³/mol. The summed E-state index contributed by atoms with van der Waals surface area (Å²) in [6.45, 7) is 5.77. The Morgan fingerprint density at radius 1 is 1.40 bits per heavy atom. The molecule has 0 fully saturated rings. The molecule has 1 amide bonds. The van der Waals surface area contributed by atoms with E-state index in [0.29, 0.717) is 5.69 Å². The Hall–Kier alpha value is -1.46. The summed E-state index contributed by atoms with van der Waals surface area (Å²) in [4.78, 5) is 16.2. The minimum Gasteiger partial charge on any atom is -0.366 e. The molecule has 1 aromatic carbocycles. The number of rotatable bonds is 3. The molecule has 0 atom stereocenters. The molecule has 4 nitrogen and oxygen atoms in total. The highest BCUT2D eigenvalue weighted by atomic mass is 79.9. The Bertz CT molecular complexity index is 635. The van der Waals surface area contributed by atoms with E-state index in [9.17, 15) is 4.79 Å². The summed E-state index contributed by atoms with van der Waals surface area (Å²) in [5.74, 6) is -0.183. The number of anilines is 1. The number of aromatic nitrogens is 1. The highest BCUT2D eigenvalue weighted by Crippen LogP contribution is 2.23. The number of benzene rings is 1. The second-order valence-electron chi connectivity index (χ2n) is 5.48. The first-order chi connectivity index (χ1) is 9.35. The van der Waals surface area contributed by atoms with Crippen LogP contribution in [0.25, 0.3) is 10.9 Å². The summed E-state index contributed by atoms with van der Waals surface area (Å²) in [7, 11) is 0. The molecule has 0 spiro atoms. The number of nitrogens with one attached hydrogen (secondary N) is 1. The molecule has 20 heavy (non-hydrogen) atoms. The largest absolute Gasteiger partial charge is 0.366 e. The second kappa shape index (κ2) is 5.89. The van der Waals surface area contributed by atoms with Crippen LogP contribution in [-0.2, 0) is 9.53 Å². The highest BCUT2D eigenvalue weighted by molar-refractivity contribution is 9.10. The minimum absolute atomic E-state index is 0.0242. The van der Waals surface area contributed by atoms with Crippen molar-refractivity contribution in [2.75, 3.05) is 11.9 Å². The van der Waals surface area contributed by atoms with Gasteiger partial charge in [-0.05, 0) is 48.8 Å². The Labute approximate surface area is 126 Å². The minimum atomic E-state index is -0.334. The summed E-state index contributed by atoms with van der Waals surface area (Å²) < 4.78 is 6.36. The third kappa shape index (κ3) is 4.02. The van der Waals surface area contributed by atoms with Gasteiger partial charge in [0.05, 0.1) is 16.8 Å². The van der Waals surface area contributed by atoms with Gasteiger partial charge in [-0.25, -0.2) is 0 Å². The molecule has 0 radical (unpaired) electrons. The van der Waals surface area contributed by atoms with Gasteiger partial charge in [-0.2, -0.15) is 0 Å².